The molecule has 0 bridgehead atoms. The molecular formula is C14H15BrN2. The predicted molar refractivity (Wildman–Crippen MR) is 73.7 cm³/mol. The van der Waals surface area contributed by atoms with Crippen LogP contribution in [0, 0.1) is 6.92 Å². The minimum atomic E-state index is -0.0285. The lowest BCUT2D eigenvalue weighted by Gasteiger charge is -2.14. The van der Waals surface area contributed by atoms with Crippen molar-refractivity contribution >= 4 is 15.9 Å². The highest BCUT2D eigenvalue weighted by molar-refractivity contribution is 9.10. The highest BCUT2D eigenvalue weighted by atomic mass is 79.9. The molecule has 2 nitrogen and oxygen atoms in total. The Morgan fingerprint density at radius 3 is 2.71 bits per heavy atom. The number of nitrogens with zero attached hydrogens (tertiary/aromatic N) is 1. The molecule has 1 aromatic heterocycles. The number of hydrogen-bond acceptors (Lipinski definition) is 2. The number of pyridine rings is 1. The third kappa shape index (κ3) is 2.93. The Morgan fingerprint density at radius 1 is 1.24 bits per heavy atom. The number of rotatable bonds is 3. The molecule has 1 heterocycles. The monoisotopic (exact) mass is 290 g/mol. The summed E-state index contributed by atoms with van der Waals surface area (Å²) in [7, 11) is 0. The highest BCUT2D eigenvalue weighted by Gasteiger charge is 2.11. The normalized spacial score (nSPS) is 12.4. The van der Waals surface area contributed by atoms with E-state index in [1.807, 2.05) is 36.5 Å². The molecule has 2 rings (SSSR count). The van der Waals surface area contributed by atoms with Crippen molar-refractivity contribution in [1.82, 2.24) is 4.98 Å². The lowest BCUT2D eigenvalue weighted by Crippen LogP contribution is -2.15. The van der Waals surface area contributed by atoms with Gasteiger partial charge in [-0.25, -0.2) is 0 Å². The van der Waals surface area contributed by atoms with Crippen LogP contribution < -0.4 is 5.73 Å². The van der Waals surface area contributed by atoms with Gasteiger partial charge in [-0.05, 0) is 30.2 Å². The van der Waals surface area contributed by atoms with Gasteiger partial charge in [0.15, 0.2) is 0 Å². The minimum absolute atomic E-state index is 0.0285. The van der Waals surface area contributed by atoms with Crippen LogP contribution in [-0.4, -0.2) is 4.98 Å². The Hall–Kier alpha value is -1.19. The first-order chi connectivity index (χ1) is 8.18. The molecule has 88 valence electrons. The summed E-state index contributed by atoms with van der Waals surface area (Å²) < 4.78 is 1.06. The molecule has 1 unspecified atom stereocenters. The second kappa shape index (κ2) is 5.43. The third-order valence-corrected chi connectivity index (χ3v) is 3.56. The smallest absolute Gasteiger partial charge is 0.0451 e. The van der Waals surface area contributed by atoms with E-state index >= 15 is 0 Å². The summed E-state index contributed by atoms with van der Waals surface area (Å²) in [5.74, 6) is 0. The van der Waals surface area contributed by atoms with Crippen LogP contribution in [0.2, 0.25) is 0 Å². The van der Waals surface area contributed by atoms with Gasteiger partial charge >= 0.3 is 0 Å². The van der Waals surface area contributed by atoms with Crippen LogP contribution in [0.5, 0.6) is 0 Å². The second-order valence-corrected chi connectivity index (χ2v) is 4.95. The standard InChI is InChI=1S/C14H15BrN2/c1-10-5-4-8-17-14(10)9-13(16)11-6-2-3-7-12(11)15/h2-8,13H,9,16H2,1H3. The van der Waals surface area contributed by atoms with Crippen molar-refractivity contribution in [2.24, 2.45) is 5.73 Å². The number of aryl methyl sites for hydroxylation is 1. The molecule has 0 aliphatic heterocycles. The van der Waals surface area contributed by atoms with Gasteiger partial charge in [0.05, 0.1) is 0 Å². The number of benzene rings is 1. The molecule has 0 aliphatic rings. The van der Waals surface area contributed by atoms with E-state index in [1.165, 1.54) is 5.56 Å². The van der Waals surface area contributed by atoms with Crippen molar-refractivity contribution in [3.05, 3.63) is 63.9 Å². The van der Waals surface area contributed by atoms with Gasteiger partial charge in [-0.3, -0.25) is 4.98 Å². The lowest BCUT2D eigenvalue weighted by atomic mass is 10.0. The average Bonchev–Trinajstić information content (AvgIpc) is 2.32. The molecule has 0 saturated carbocycles. The Labute approximate surface area is 110 Å². The molecule has 1 atom stereocenters. The fourth-order valence-corrected chi connectivity index (χ4v) is 2.40. The molecule has 2 aromatic rings. The lowest BCUT2D eigenvalue weighted by molar-refractivity contribution is 0.699. The Morgan fingerprint density at radius 2 is 2.00 bits per heavy atom. The highest BCUT2D eigenvalue weighted by Crippen LogP contribution is 2.24. The van der Waals surface area contributed by atoms with E-state index in [1.54, 1.807) is 0 Å². The topological polar surface area (TPSA) is 38.9 Å². The first-order valence-electron chi connectivity index (χ1n) is 5.59. The van der Waals surface area contributed by atoms with Crippen molar-refractivity contribution in [3.8, 4) is 0 Å². The van der Waals surface area contributed by atoms with Crippen LogP contribution >= 0.6 is 15.9 Å². The predicted octanol–water partition coefficient (Wildman–Crippen LogP) is 3.40. The second-order valence-electron chi connectivity index (χ2n) is 4.10. The number of nitrogens with two attached hydrogens (primary N) is 1. The molecule has 2 N–H and O–H groups in total. The van der Waals surface area contributed by atoms with Gasteiger partial charge in [0.1, 0.15) is 0 Å². The van der Waals surface area contributed by atoms with E-state index < -0.39 is 0 Å². The van der Waals surface area contributed by atoms with Crippen LogP contribution in [0.4, 0.5) is 0 Å². The van der Waals surface area contributed by atoms with Crippen LogP contribution in [0.15, 0.2) is 47.1 Å². The van der Waals surface area contributed by atoms with Gasteiger partial charge < -0.3 is 5.73 Å². The maximum atomic E-state index is 6.23. The number of halogens is 1. The third-order valence-electron chi connectivity index (χ3n) is 2.84. The van der Waals surface area contributed by atoms with E-state index in [0.717, 1.165) is 22.2 Å². The number of aromatic nitrogens is 1. The van der Waals surface area contributed by atoms with E-state index in [9.17, 15) is 0 Å². The molecule has 17 heavy (non-hydrogen) atoms. The van der Waals surface area contributed by atoms with Crippen LogP contribution in [0.3, 0.4) is 0 Å². The summed E-state index contributed by atoms with van der Waals surface area (Å²) >= 11 is 3.53. The minimum Gasteiger partial charge on any atom is -0.324 e. The molecule has 0 fully saturated rings. The van der Waals surface area contributed by atoms with Gasteiger partial charge in [-0.2, -0.15) is 0 Å². The molecule has 0 radical (unpaired) electrons. The van der Waals surface area contributed by atoms with Gasteiger partial charge in [0.2, 0.25) is 0 Å². The van der Waals surface area contributed by atoms with Gasteiger partial charge in [-0.15, -0.1) is 0 Å². The molecule has 3 heteroatoms. The summed E-state index contributed by atoms with van der Waals surface area (Å²) in [4.78, 5) is 4.38. The molecule has 0 spiro atoms. The summed E-state index contributed by atoms with van der Waals surface area (Å²) in [5.41, 5.74) is 9.60. The van der Waals surface area contributed by atoms with Crippen LogP contribution in [-0.2, 0) is 6.42 Å². The van der Waals surface area contributed by atoms with Gasteiger partial charge in [0.25, 0.3) is 0 Å². The molecular weight excluding hydrogens is 276 g/mol. The van der Waals surface area contributed by atoms with E-state index in [4.69, 9.17) is 5.73 Å². The fourth-order valence-electron chi connectivity index (χ4n) is 1.83. The van der Waals surface area contributed by atoms with Crippen molar-refractivity contribution in [2.45, 2.75) is 19.4 Å². The van der Waals surface area contributed by atoms with Crippen molar-refractivity contribution in [3.63, 3.8) is 0 Å². The fraction of sp³-hybridized carbons (Fsp3) is 0.214. The van der Waals surface area contributed by atoms with Crippen LogP contribution in [0.25, 0.3) is 0 Å². The van der Waals surface area contributed by atoms with Gasteiger partial charge in [0, 0.05) is 28.8 Å². The SMILES string of the molecule is Cc1cccnc1CC(N)c1ccccc1Br. The van der Waals surface area contributed by atoms with Crippen molar-refractivity contribution in [1.29, 1.82) is 0 Å². The Balaban J connectivity index is 2.20. The molecule has 1 aromatic carbocycles. The maximum Gasteiger partial charge on any atom is 0.0451 e. The van der Waals surface area contributed by atoms with E-state index in [-0.39, 0.29) is 6.04 Å². The first-order valence-corrected chi connectivity index (χ1v) is 6.38. The van der Waals surface area contributed by atoms with Crippen LogP contribution in [0.1, 0.15) is 22.9 Å². The molecule has 0 amide bonds. The quantitative estimate of drug-likeness (QED) is 0.941. The summed E-state index contributed by atoms with van der Waals surface area (Å²) in [6.07, 6.45) is 2.57. The Bertz CT molecular complexity index is 511. The first kappa shape index (κ1) is 12.3. The number of hydrogen-bond donors (Lipinski definition) is 1. The van der Waals surface area contributed by atoms with E-state index in [2.05, 4.69) is 33.9 Å². The summed E-state index contributed by atoms with van der Waals surface area (Å²) in [6.45, 7) is 2.06. The molecule has 0 aliphatic carbocycles. The largest absolute Gasteiger partial charge is 0.324 e. The average molecular weight is 291 g/mol. The van der Waals surface area contributed by atoms with E-state index in [0.29, 0.717) is 0 Å². The van der Waals surface area contributed by atoms with Crippen molar-refractivity contribution in [2.75, 3.05) is 0 Å². The maximum absolute atomic E-state index is 6.23. The summed E-state index contributed by atoms with van der Waals surface area (Å²) in [5, 5.41) is 0. The summed E-state index contributed by atoms with van der Waals surface area (Å²) in [6, 6.07) is 12.0. The van der Waals surface area contributed by atoms with Crippen molar-refractivity contribution < 1.29 is 0 Å². The molecule has 0 saturated heterocycles. The Kier molecular flexibility index (Phi) is 3.92. The van der Waals surface area contributed by atoms with Gasteiger partial charge in [-0.1, -0.05) is 40.2 Å². The zero-order chi connectivity index (χ0) is 12.3. The zero-order valence-electron chi connectivity index (χ0n) is 9.73. The zero-order valence-corrected chi connectivity index (χ0v) is 11.3.